The normalized spacial score (nSPS) is 9.55. The van der Waals surface area contributed by atoms with Crippen LogP contribution < -0.4 is 33.2 Å². The minimum atomic E-state index is -0.539. The van der Waals surface area contributed by atoms with Crippen LogP contribution >= 0.6 is 0 Å². The highest BCUT2D eigenvalue weighted by atomic mass is 16.6. The lowest BCUT2D eigenvalue weighted by Crippen LogP contribution is -2.08. The molecule has 0 fully saturated rings. The van der Waals surface area contributed by atoms with Crippen LogP contribution in [0.5, 0.6) is 74.7 Å². The van der Waals surface area contributed by atoms with E-state index in [9.17, 15) is 54.3 Å². The maximum atomic E-state index is 11.2. The van der Waals surface area contributed by atoms with Crippen LogP contribution in [0.15, 0.2) is 182 Å². The monoisotopic (exact) mass is 1170 g/mol. The summed E-state index contributed by atoms with van der Waals surface area (Å²) in [4.78, 5) is 66.9. The van der Waals surface area contributed by atoms with Crippen LogP contribution in [0, 0.1) is 34.6 Å². The van der Waals surface area contributed by atoms with Crippen molar-refractivity contribution in [3.8, 4) is 74.7 Å². The molecule has 0 atom stereocenters. The highest BCUT2D eigenvalue weighted by Crippen LogP contribution is 2.29. The van der Waals surface area contributed by atoms with Gasteiger partial charge in [0.25, 0.3) is 0 Å². The Labute approximate surface area is 494 Å². The number of hydrogen-bond donors (Lipinski definition) is 6. The van der Waals surface area contributed by atoms with E-state index in [1.807, 2.05) is 0 Å². The molecule has 19 heteroatoms. The van der Waals surface area contributed by atoms with Gasteiger partial charge in [-0.2, -0.15) is 0 Å². The molecule has 450 valence electrons. The standard InChI is InChI=1S/C11H12O4.5C11H12O3/c1-7(2)11(13)15-10-5-8(12)4-9(6-10)14-3;1-7(2)11(13)14-10-5-8(3)4-9(12)6-10;1-7(2)11(13)14-9-4-5-10(12)8(3)6-9;1-7(2)11(13)14-10-5-4-9(12)6-8(10)3;1-7(2)11(13)14-9-5-4-8(3)10(12)6-9;1-7(2)11(13)14-10-6-4-5-9(12)8(10)3/h4-6,12H,1H2,2-3H3;5*4-6,12H,1H2,2-3H3. The lowest BCUT2D eigenvalue weighted by atomic mass is 10.2. The number of esters is 6. The van der Waals surface area contributed by atoms with Gasteiger partial charge in [-0.15, -0.1) is 0 Å². The van der Waals surface area contributed by atoms with E-state index in [2.05, 4.69) is 39.5 Å². The molecular weight excluding hydrogens is 1100 g/mol. The second-order valence-corrected chi connectivity index (χ2v) is 18.6. The zero-order valence-corrected chi connectivity index (χ0v) is 49.6. The number of phenolic OH excluding ortho intramolecular Hbond substituents is 6. The fourth-order valence-electron chi connectivity index (χ4n) is 5.48. The number of carbonyl (C=O) groups excluding carboxylic acids is 6. The molecule has 0 aliphatic rings. The molecule has 0 aliphatic heterocycles. The van der Waals surface area contributed by atoms with Crippen molar-refractivity contribution >= 4 is 35.8 Å². The van der Waals surface area contributed by atoms with Crippen molar-refractivity contribution in [3.05, 3.63) is 210 Å². The van der Waals surface area contributed by atoms with Gasteiger partial charge in [0.2, 0.25) is 0 Å². The lowest BCUT2D eigenvalue weighted by Gasteiger charge is -2.07. The number of phenols is 6. The van der Waals surface area contributed by atoms with Gasteiger partial charge >= 0.3 is 35.8 Å². The second kappa shape index (κ2) is 35.1. The molecule has 0 radical (unpaired) electrons. The van der Waals surface area contributed by atoms with Crippen molar-refractivity contribution in [2.75, 3.05) is 7.11 Å². The summed E-state index contributed by atoms with van der Waals surface area (Å²) in [7, 11) is 1.46. The van der Waals surface area contributed by atoms with Gasteiger partial charge in [0.1, 0.15) is 74.7 Å². The lowest BCUT2D eigenvalue weighted by molar-refractivity contribution is -0.131. The van der Waals surface area contributed by atoms with Crippen LogP contribution in [-0.2, 0) is 28.8 Å². The number of aryl methyl sites for hydroxylation is 4. The third kappa shape index (κ3) is 27.5. The second-order valence-electron chi connectivity index (χ2n) is 18.6. The molecule has 6 N–H and O–H groups in total. The van der Waals surface area contributed by atoms with Gasteiger partial charge in [-0.25, -0.2) is 28.8 Å². The van der Waals surface area contributed by atoms with Crippen LogP contribution in [0.25, 0.3) is 0 Å². The number of aromatic hydroxyl groups is 6. The van der Waals surface area contributed by atoms with Crippen molar-refractivity contribution in [1.82, 2.24) is 0 Å². The minimum Gasteiger partial charge on any atom is -0.508 e. The summed E-state index contributed by atoms with van der Waals surface area (Å²) in [5.74, 6) is 0.164. The third-order valence-corrected chi connectivity index (χ3v) is 10.2. The summed E-state index contributed by atoms with van der Waals surface area (Å²) in [6.45, 7) is 38.9. The zero-order valence-electron chi connectivity index (χ0n) is 49.6. The van der Waals surface area contributed by atoms with E-state index in [1.165, 1.54) is 67.8 Å². The van der Waals surface area contributed by atoms with Gasteiger partial charge in [-0.3, -0.25) is 0 Å². The van der Waals surface area contributed by atoms with Crippen molar-refractivity contribution in [1.29, 1.82) is 0 Å². The van der Waals surface area contributed by atoms with Gasteiger partial charge in [0, 0.05) is 69.3 Å². The first-order valence-corrected chi connectivity index (χ1v) is 25.2. The molecule has 0 saturated carbocycles. The Balaban J connectivity index is 0.000000510. The van der Waals surface area contributed by atoms with E-state index in [0.29, 0.717) is 79.1 Å². The van der Waals surface area contributed by atoms with Gasteiger partial charge in [-0.05, 0) is 165 Å². The summed E-state index contributed by atoms with van der Waals surface area (Å²) in [6.07, 6.45) is 0. The molecule has 0 saturated heterocycles. The molecule has 0 unspecified atom stereocenters. The highest BCUT2D eigenvalue weighted by molar-refractivity contribution is 5.91. The van der Waals surface area contributed by atoms with Gasteiger partial charge < -0.3 is 63.8 Å². The SMILES string of the molecule is C=C(C)C(=O)Oc1cc(C)cc(O)c1.C=C(C)C(=O)Oc1cc(O)cc(OC)c1.C=C(C)C(=O)Oc1ccc(C)c(O)c1.C=C(C)C(=O)Oc1ccc(O)c(C)c1.C=C(C)C(=O)Oc1ccc(O)cc1C.C=C(C)C(=O)Oc1cccc(O)c1C. The quantitative estimate of drug-likeness (QED) is 0.0356. The number of hydrogen-bond acceptors (Lipinski definition) is 19. The zero-order chi connectivity index (χ0) is 65.0. The van der Waals surface area contributed by atoms with Crippen molar-refractivity contribution in [3.63, 3.8) is 0 Å². The molecule has 0 aromatic heterocycles. The molecule has 0 aliphatic carbocycles. The van der Waals surface area contributed by atoms with Crippen molar-refractivity contribution < 1.29 is 92.6 Å². The average molecular weight is 1170 g/mol. The van der Waals surface area contributed by atoms with Crippen LogP contribution in [0.4, 0.5) is 0 Å². The Morgan fingerprint density at radius 3 is 1.18 bits per heavy atom. The summed E-state index contributed by atoms with van der Waals surface area (Å²) in [5.41, 5.74) is 5.43. The van der Waals surface area contributed by atoms with E-state index in [-0.39, 0.29) is 45.8 Å². The Kier molecular flexibility index (Phi) is 29.8. The molecular formula is C66H72O19. The number of benzene rings is 6. The van der Waals surface area contributed by atoms with E-state index in [0.717, 1.165) is 11.1 Å². The Morgan fingerprint density at radius 2 is 0.741 bits per heavy atom. The maximum Gasteiger partial charge on any atom is 0.338 e. The molecule has 0 heterocycles. The Bertz CT molecular complexity index is 3380. The van der Waals surface area contributed by atoms with Crippen LogP contribution in [0.2, 0.25) is 0 Å². The first-order chi connectivity index (χ1) is 39.5. The van der Waals surface area contributed by atoms with E-state index in [4.69, 9.17) is 38.3 Å². The van der Waals surface area contributed by atoms with Crippen molar-refractivity contribution in [2.24, 2.45) is 0 Å². The van der Waals surface area contributed by atoms with Crippen LogP contribution in [-0.4, -0.2) is 73.6 Å². The molecule has 0 spiro atoms. The first kappa shape index (κ1) is 72.2. The molecule has 0 amide bonds. The number of rotatable bonds is 13. The first-order valence-electron chi connectivity index (χ1n) is 25.2. The third-order valence-electron chi connectivity index (χ3n) is 10.2. The van der Waals surface area contributed by atoms with E-state index >= 15 is 0 Å². The van der Waals surface area contributed by atoms with E-state index in [1.54, 1.807) is 125 Å². The molecule has 0 bridgehead atoms. The summed E-state index contributed by atoms with van der Waals surface area (Å²) >= 11 is 0. The number of carbonyl (C=O) groups is 6. The molecule has 19 nitrogen and oxygen atoms in total. The summed E-state index contributed by atoms with van der Waals surface area (Å²) < 4.78 is 34.6. The smallest absolute Gasteiger partial charge is 0.338 e. The highest BCUT2D eigenvalue weighted by Gasteiger charge is 2.13. The maximum absolute atomic E-state index is 11.2. The Morgan fingerprint density at radius 1 is 0.329 bits per heavy atom. The largest absolute Gasteiger partial charge is 0.508 e. The summed E-state index contributed by atoms with van der Waals surface area (Å²) in [6, 6.07) is 27.5. The van der Waals surface area contributed by atoms with Crippen molar-refractivity contribution in [2.45, 2.75) is 76.2 Å². The van der Waals surface area contributed by atoms with Crippen LogP contribution in [0.3, 0.4) is 0 Å². The predicted octanol–water partition coefficient (Wildman–Crippen LogP) is 12.8. The minimum absolute atomic E-state index is 0.0288. The predicted molar refractivity (Wildman–Crippen MR) is 322 cm³/mol. The molecule has 85 heavy (non-hydrogen) atoms. The molecule has 6 aromatic carbocycles. The topological polar surface area (TPSA) is 288 Å². The molecule has 6 aromatic rings. The summed E-state index contributed by atoms with van der Waals surface area (Å²) in [5, 5.41) is 55.5. The average Bonchev–Trinajstić information content (AvgIpc) is 3.47. The van der Waals surface area contributed by atoms with Gasteiger partial charge in [0.05, 0.1) is 7.11 Å². The fourth-order valence-corrected chi connectivity index (χ4v) is 5.48. The van der Waals surface area contributed by atoms with Crippen LogP contribution in [0.1, 0.15) is 69.4 Å². The fraction of sp³-hybridized carbons (Fsp3) is 0.182. The number of ether oxygens (including phenoxy) is 7. The van der Waals surface area contributed by atoms with Gasteiger partial charge in [-0.1, -0.05) is 51.6 Å². The van der Waals surface area contributed by atoms with E-state index < -0.39 is 35.8 Å². The Hall–Kier alpha value is -10.8. The number of methoxy groups -OCH3 is 1. The molecule has 6 rings (SSSR count). The van der Waals surface area contributed by atoms with Gasteiger partial charge in [0.15, 0.2) is 0 Å².